The van der Waals surface area contributed by atoms with Gasteiger partial charge in [0.05, 0.1) is 19.3 Å². The monoisotopic (exact) mass is 277 g/mol. The number of nitrogens with one attached hydrogen (secondary N) is 1. The van der Waals surface area contributed by atoms with E-state index in [-0.39, 0.29) is 6.10 Å². The fourth-order valence-electron chi connectivity index (χ4n) is 2.20. The van der Waals surface area contributed by atoms with E-state index in [2.05, 4.69) is 36.5 Å². The van der Waals surface area contributed by atoms with E-state index in [0.29, 0.717) is 13.2 Å². The Hall–Kier alpha value is -0.900. The van der Waals surface area contributed by atoms with Crippen molar-refractivity contribution in [2.75, 3.05) is 19.8 Å². The molecule has 0 radical (unpaired) electrons. The van der Waals surface area contributed by atoms with Gasteiger partial charge in [-0.15, -0.1) is 0 Å². The van der Waals surface area contributed by atoms with Crippen molar-refractivity contribution in [1.29, 1.82) is 0 Å². The van der Waals surface area contributed by atoms with Gasteiger partial charge in [0.1, 0.15) is 0 Å². The van der Waals surface area contributed by atoms with Crippen molar-refractivity contribution < 1.29 is 9.47 Å². The van der Waals surface area contributed by atoms with Crippen LogP contribution in [0.25, 0.3) is 0 Å². The van der Waals surface area contributed by atoms with Gasteiger partial charge < -0.3 is 14.8 Å². The number of rotatable bonds is 10. The van der Waals surface area contributed by atoms with Crippen LogP contribution >= 0.6 is 0 Å². The van der Waals surface area contributed by atoms with Crippen LogP contribution in [0, 0.1) is 0 Å². The smallest absolute Gasteiger partial charge is 0.0785 e. The van der Waals surface area contributed by atoms with Gasteiger partial charge >= 0.3 is 0 Å². The Kier molecular flexibility index (Phi) is 6.51. The van der Waals surface area contributed by atoms with Crippen LogP contribution in [0.3, 0.4) is 0 Å². The zero-order valence-electron chi connectivity index (χ0n) is 12.7. The number of ether oxygens (including phenoxy) is 2. The van der Waals surface area contributed by atoms with E-state index in [1.165, 1.54) is 24.0 Å². The zero-order chi connectivity index (χ0) is 14.2. The number of hydrogen-bond acceptors (Lipinski definition) is 3. The lowest BCUT2D eigenvalue weighted by Crippen LogP contribution is -2.20. The van der Waals surface area contributed by atoms with Gasteiger partial charge in [-0.2, -0.15) is 0 Å². The molecule has 1 aromatic carbocycles. The van der Waals surface area contributed by atoms with Gasteiger partial charge in [-0.25, -0.2) is 0 Å². The summed E-state index contributed by atoms with van der Waals surface area (Å²) in [5.41, 5.74) is 2.69. The average molecular weight is 277 g/mol. The molecule has 0 heterocycles. The van der Waals surface area contributed by atoms with Crippen molar-refractivity contribution in [3.05, 3.63) is 35.4 Å². The van der Waals surface area contributed by atoms with Crippen LogP contribution < -0.4 is 5.32 Å². The van der Waals surface area contributed by atoms with E-state index in [1.807, 2.05) is 6.92 Å². The summed E-state index contributed by atoms with van der Waals surface area (Å²) in [6.07, 6.45) is 3.92. The minimum Gasteiger partial charge on any atom is -0.379 e. The van der Waals surface area contributed by atoms with Crippen LogP contribution in [0.1, 0.15) is 37.8 Å². The van der Waals surface area contributed by atoms with Crippen molar-refractivity contribution in [3.63, 3.8) is 0 Å². The van der Waals surface area contributed by atoms with Gasteiger partial charge in [-0.05, 0) is 50.8 Å². The van der Waals surface area contributed by atoms with Crippen molar-refractivity contribution >= 4 is 0 Å². The molecule has 20 heavy (non-hydrogen) atoms. The topological polar surface area (TPSA) is 30.5 Å². The Morgan fingerprint density at radius 1 is 1.25 bits per heavy atom. The SMILES string of the molecule is CCOCC(C)OCc1ccccc1CCNC1CC1. The van der Waals surface area contributed by atoms with Gasteiger partial charge in [-0.3, -0.25) is 0 Å². The standard InChI is InChI=1S/C17H27NO2/c1-3-19-12-14(2)20-13-16-7-5-4-6-15(16)10-11-18-17-8-9-17/h4-7,14,17-18H,3,8-13H2,1-2H3. The van der Waals surface area contributed by atoms with Gasteiger partial charge in [0, 0.05) is 12.6 Å². The Morgan fingerprint density at radius 2 is 2.00 bits per heavy atom. The fraction of sp³-hybridized carbons (Fsp3) is 0.647. The predicted molar refractivity (Wildman–Crippen MR) is 81.9 cm³/mol. The maximum Gasteiger partial charge on any atom is 0.0785 e. The summed E-state index contributed by atoms with van der Waals surface area (Å²) < 4.78 is 11.2. The van der Waals surface area contributed by atoms with Crippen molar-refractivity contribution in [3.8, 4) is 0 Å². The normalized spacial score (nSPS) is 16.3. The summed E-state index contributed by atoms with van der Waals surface area (Å²) >= 11 is 0. The quantitative estimate of drug-likeness (QED) is 0.713. The number of hydrogen-bond donors (Lipinski definition) is 1. The van der Waals surface area contributed by atoms with E-state index < -0.39 is 0 Å². The summed E-state index contributed by atoms with van der Waals surface area (Å²) in [6.45, 7) is 7.23. The average Bonchev–Trinajstić information content (AvgIpc) is 3.28. The highest BCUT2D eigenvalue weighted by Crippen LogP contribution is 2.19. The maximum absolute atomic E-state index is 5.87. The molecule has 0 aromatic heterocycles. The van der Waals surface area contributed by atoms with Crippen molar-refractivity contribution in [2.24, 2.45) is 0 Å². The molecule has 2 rings (SSSR count). The minimum absolute atomic E-state index is 0.146. The molecule has 1 saturated carbocycles. The molecule has 0 aliphatic heterocycles. The molecular formula is C17H27NO2. The molecular weight excluding hydrogens is 250 g/mol. The molecule has 1 aromatic rings. The Balaban J connectivity index is 1.76. The van der Waals surface area contributed by atoms with Crippen molar-refractivity contribution in [2.45, 2.75) is 51.9 Å². The third-order valence-corrected chi connectivity index (χ3v) is 3.60. The molecule has 0 bridgehead atoms. The van der Waals surface area contributed by atoms with E-state index >= 15 is 0 Å². The van der Waals surface area contributed by atoms with Gasteiger partial charge in [0.2, 0.25) is 0 Å². The van der Waals surface area contributed by atoms with E-state index in [1.54, 1.807) is 0 Å². The van der Waals surface area contributed by atoms with E-state index in [4.69, 9.17) is 9.47 Å². The Bertz CT molecular complexity index is 390. The first-order chi connectivity index (χ1) is 9.79. The molecule has 1 aliphatic carbocycles. The lowest BCUT2D eigenvalue weighted by Gasteiger charge is -2.15. The molecule has 0 saturated heterocycles. The molecule has 112 valence electrons. The second kappa shape index (κ2) is 8.40. The maximum atomic E-state index is 5.87. The minimum atomic E-state index is 0.146. The third-order valence-electron chi connectivity index (χ3n) is 3.60. The first-order valence-corrected chi connectivity index (χ1v) is 7.79. The van der Waals surface area contributed by atoms with Gasteiger partial charge in [0.25, 0.3) is 0 Å². The highest BCUT2D eigenvalue weighted by atomic mass is 16.5. The van der Waals surface area contributed by atoms with Crippen LogP contribution in [-0.2, 0) is 22.5 Å². The molecule has 1 N–H and O–H groups in total. The molecule has 1 atom stereocenters. The number of benzene rings is 1. The lowest BCUT2D eigenvalue weighted by molar-refractivity contribution is -0.0118. The molecule has 0 spiro atoms. The molecule has 1 fully saturated rings. The molecule has 1 aliphatic rings. The van der Waals surface area contributed by atoms with Gasteiger partial charge in [-0.1, -0.05) is 24.3 Å². The first-order valence-electron chi connectivity index (χ1n) is 7.79. The first kappa shape index (κ1) is 15.5. The Labute approximate surface area is 122 Å². The van der Waals surface area contributed by atoms with Crippen LogP contribution in [0.15, 0.2) is 24.3 Å². The van der Waals surface area contributed by atoms with E-state index in [0.717, 1.165) is 25.6 Å². The second-order valence-electron chi connectivity index (χ2n) is 5.53. The summed E-state index contributed by atoms with van der Waals surface area (Å²) in [4.78, 5) is 0. The highest BCUT2D eigenvalue weighted by Gasteiger charge is 2.19. The molecule has 1 unspecified atom stereocenters. The largest absolute Gasteiger partial charge is 0.379 e. The highest BCUT2D eigenvalue weighted by molar-refractivity contribution is 5.26. The molecule has 3 nitrogen and oxygen atoms in total. The predicted octanol–water partition coefficient (Wildman–Crippen LogP) is 2.92. The van der Waals surface area contributed by atoms with Crippen LogP contribution in [-0.4, -0.2) is 31.9 Å². The lowest BCUT2D eigenvalue weighted by atomic mass is 10.1. The third kappa shape index (κ3) is 5.61. The van der Waals surface area contributed by atoms with Crippen LogP contribution in [0.4, 0.5) is 0 Å². The van der Waals surface area contributed by atoms with E-state index in [9.17, 15) is 0 Å². The Morgan fingerprint density at radius 3 is 2.70 bits per heavy atom. The van der Waals surface area contributed by atoms with Crippen LogP contribution in [0.5, 0.6) is 0 Å². The molecule has 0 amide bonds. The summed E-state index contributed by atoms with van der Waals surface area (Å²) in [7, 11) is 0. The summed E-state index contributed by atoms with van der Waals surface area (Å²) in [6, 6.07) is 9.36. The fourth-order valence-corrected chi connectivity index (χ4v) is 2.20. The summed E-state index contributed by atoms with van der Waals surface area (Å²) in [5.74, 6) is 0. The van der Waals surface area contributed by atoms with Gasteiger partial charge in [0.15, 0.2) is 0 Å². The second-order valence-corrected chi connectivity index (χ2v) is 5.53. The van der Waals surface area contributed by atoms with Crippen molar-refractivity contribution in [1.82, 2.24) is 5.32 Å². The summed E-state index contributed by atoms with van der Waals surface area (Å²) in [5, 5.41) is 3.56. The zero-order valence-corrected chi connectivity index (χ0v) is 12.7. The van der Waals surface area contributed by atoms with Crippen LogP contribution in [0.2, 0.25) is 0 Å². The molecule has 3 heteroatoms.